The summed E-state index contributed by atoms with van der Waals surface area (Å²) < 4.78 is 5.69. The van der Waals surface area contributed by atoms with Gasteiger partial charge in [-0.05, 0) is 49.9 Å². The first-order chi connectivity index (χ1) is 13.6. The number of allylic oxidation sites excluding steroid dienone is 3. The number of carbonyl (C=O) groups excluding carboxylic acids is 2. The molecule has 1 aromatic carbocycles. The fourth-order valence-corrected chi connectivity index (χ4v) is 4.09. The van der Waals surface area contributed by atoms with E-state index in [9.17, 15) is 9.59 Å². The number of para-hydroxylation sites is 1. The molecule has 2 aliphatic rings. The molecule has 2 N–H and O–H groups in total. The van der Waals surface area contributed by atoms with E-state index in [1.54, 1.807) is 12.3 Å². The molecule has 5 heteroatoms. The number of dihydropyridines is 1. The maximum atomic E-state index is 13.4. The second-order valence-corrected chi connectivity index (χ2v) is 7.26. The number of aryl methyl sites for hydroxylation is 1. The summed E-state index contributed by atoms with van der Waals surface area (Å²) in [5, 5.41) is 6.43. The van der Waals surface area contributed by atoms with Gasteiger partial charge in [-0.1, -0.05) is 25.1 Å². The van der Waals surface area contributed by atoms with Gasteiger partial charge >= 0.3 is 0 Å². The Bertz CT molecular complexity index is 983. The molecule has 0 saturated carbocycles. The van der Waals surface area contributed by atoms with Crippen molar-refractivity contribution in [3.05, 3.63) is 76.5 Å². The first kappa shape index (κ1) is 18.3. The molecule has 2 aromatic rings. The third-order valence-corrected chi connectivity index (χ3v) is 5.48. The van der Waals surface area contributed by atoms with Crippen LogP contribution in [0.15, 0.2) is 69.6 Å². The summed E-state index contributed by atoms with van der Waals surface area (Å²) in [6.45, 7) is 3.97. The summed E-state index contributed by atoms with van der Waals surface area (Å²) in [6, 6.07) is 11.3. The van der Waals surface area contributed by atoms with Gasteiger partial charge in [-0.15, -0.1) is 0 Å². The Hall–Kier alpha value is -3.08. The van der Waals surface area contributed by atoms with Crippen LogP contribution in [0.1, 0.15) is 49.8 Å². The Balaban J connectivity index is 1.80. The normalized spacial score (nSPS) is 19.4. The van der Waals surface area contributed by atoms with Crippen LogP contribution in [0.5, 0.6) is 0 Å². The van der Waals surface area contributed by atoms with E-state index in [0.29, 0.717) is 29.7 Å². The van der Waals surface area contributed by atoms with E-state index in [1.165, 1.54) is 0 Å². The monoisotopic (exact) mass is 376 g/mol. The lowest BCUT2D eigenvalue weighted by atomic mass is 9.76. The number of Topliss-reactive ketones (excluding diaryl/α,β-unsaturated/α-hetero) is 1. The number of rotatable bonds is 4. The lowest BCUT2D eigenvalue weighted by Gasteiger charge is -2.34. The van der Waals surface area contributed by atoms with Gasteiger partial charge in [-0.3, -0.25) is 9.59 Å². The van der Waals surface area contributed by atoms with Gasteiger partial charge in [0, 0.05) is 29.1 Å². The fourth-order valence-electron chi connectivity index (χ4n) is 4.09. The van der Waals surface area contributed by atoms with E-state index in [1.807, 2.05) is 44.2 Å². The second-order valence-electron chi connectivity index (χ2n) is 7.26. The average molecular weight is 376 g/mol. The average Bonchev–Trinajstić information content (AvgIpc) is 3.23. The van der Waals surface area contributed by atoms with Crippen molar-refractivity contribution in [3.8, 4) is 0 Å². The lowest BCUT2D eigenvalue weighted by Crippen LogP contribution is -2.36. The molecule has 0 fully saturated rings. The molecule has 5 nitrogen and oxygen atoms in total. The van der Waals surface area contributed by atoms with Crippen molar-refractivity contribution in [2.75, 3.05) is 5.32 Å². The zero-order chi connectivity index (χ0) is 19.7. The van der Waals surface area contributed by atoms with E-state index in [-0.39, 0.29) is 11.7 Å². The molecule has 0 bridgehead atoms. The number of hydrogen-bond donors (Lipinski definition) is 2. The van der Waals surface area contributed by atoms with E-state index in [2.05, 4.69) is 10.6 Å². The largest absolute Gasteiger partial charge is 0.468 e. The summed E-state index contributed by atoms with van der Waals surface area (Å²) in [5.41, 5.74) is 4.77. The molecule has 1 aliphatic heterocycles. The van der Waals surface area contributed by atoms with E-state index in [4.69, 9.17) is 4.42 Å². The van der Waals surface area contributed by atoms with Crippen LogP contribution in [0, 0.1) is 6.92 Å². The molecule has 1 aliphatic carbocycles. The molecule has 0 saturated heterocycles. The molecule has 0 spiro atoms. The topological polar surface area (TPSA) is 71.3 Å². The van der Waals surface area contributed by atoms with Gasteiger partial charge in [-0.2, -0.15) is 0 Å². The zero-order valence-corrected chi connectivity index (χ0v) is 16.2. The molecule has 4 rings (SSSR count). The van der Waals surface area contributed by atoms with Gasteiger partial charge in [-0.25, -0.2) is 0 Å². The second kappa shape index (κ2) is 7.50. The molecular weight excluding hydrogens is 352 g/mol. The van der Waals surface area contributed by atoms with Gasteiger partial charge in [0.2, 0.25) is 0 Å². The first-order valence-electron chi connectivity index (χ1n) is 9.76. The van der Waals surface area contributed by atoms with Crippen molar-refractivity contribution in [2.24, 2.45) is 0 Å². The minimum atomic E-state index is -0.474. The van der Waals surface area contributed by atoms with Crippen molar-refractivity contribution in [1.82, 2.24) is 5.32 Å². The molecular formula is C23H24N2O3. The van der Waals surface area contributed by atoms with Crippen LogP contribution in [-0.2, 0) is 9.59 Å². The number of amides is 1. The van der Waals surface area contributed by atoms with Crippen molar-refractivity contribution in [2.45, 2.75) is 45.4 Å². The third kappa shape index (κ3) is 3.17. The highest BCUT2D eigenvalue weighted by Crippen LogP contribution is 2.43. The minimum absolute atomic E-state index is 0.0893. The van der Waals surface area contributed by atoms with Gasteiger partial charge in [0.05, 0.1) is 17.8 Å². The molecule has 1 atom stereocenters. The molecule has 2 heterocycles. The van der Waals surface area contributed by atoms with Gasteiger partial charge in [0.25, 0.3) is 5.91 Å². The predicted octanol–water partition coefficient (Wildman–Crippen LogP) is 4.58. The minimum Gasteiger partial charge on any atom is -0.468 e. The van der Waals surface area contributed by atoms with E-state index < -0.39 is 5.92 Å². The van der Waals surface area contributed by atoms with E-state index >= 15 is 0 Å². The molecule has 1 unspecified atom stereocenters. The van der Waals surface area contributed by atoms with Crippen molar-refractivity contribution in [3.63, 3.8) is 0 Å². The van der Waals surface area contributed by atoms with Crippen LogP contribution in [-0.4, -0.2) is 11.7 Å². The predicted molar refractivity (Wildman–Crippen MR) is 108 cm³/mol. The number of anilines is 1. The Labute approximate surface area is 164 Å². The highest BCUT2D eigenvalue weighted by molar-refractivity contribution is 6.09. The molecule has 28 heavy (non-hydrogen) atoms. The van der Waals surface area contributed by atoms with Gasteiger partial charge < -0.3 is 15.1 Å². The molecule has 144 valence electrons. The Morgan fingerprint density at radius 1 is 1.21 bits per heavy atom. The fraction of sp³-hybridized carbons (Fsp3) is 0.304. The van der Waals surface area contributed by atoms with Gasteiger partial charge in [0.1, 0.15) is 5.76 Å². The SMILES string of the molecule is CCC1=C(C(=O)Nc2ccccc2C)C(c2ccco2)C2=C(CCCC2=O)N1. The number of nitrogens with one attached hydrogen (secondary N) is 2. The summed E-state index contributed by atoms with van der Waals surface area (Å²) >= 11 is 0. The van der Waals surface area contributed by atoms with Crippen molar-refractivity contribution in [1.29, 1.82) is 0 Å². The number of hydrogen-bond acceptors (Lipinski definition) is 4. The molecule has 0 radical (unpaired) electrons. The van der Waals surface area contributed by atoms with Crippen LogP contribution in [0.4, 0.5) is 5.69 Å². The maximum Gasteiger partial charge on any atom is 0.254 e. The summed E-state index contributed by atoms with van der Waals surface area (Å²) in [5.74, 6) is 0.0413. The van der Waals surface area contributed by atoms with Crippen LogP contribution in [0.25, 0.3) is 0 Å². The summed E-state index contributed by atoms with van der Waals surface area (Å²) in [4.78, 5) is 26.2. The highest BCUT2D eigenvalue weighted by Gasteiger charge is 2.40. The van der Waals surface area contributed by atoms with E-state index in [0.717, 1.165) is 35.5 Å². The Kier molecular flexibility index (Phi) is 4.90. The highest BCUT2D eigenvalue weighted by atomic mass is 16.3. The maximum absolute atomic E-state index is 13.4. The number of benzene rings is 1. The third-order valence-electron chi connectivity index (χ3n) is 5.48. The zero-order valence-electron chi connectivity index (χ0n) is 16.2. The summed E-state index contributed by atoms with van der Waals surface area (Å²) in [7, 11) is 0. The van der Waals surface area contributed by atoms with Crippen molar-refractivity contribution < 1.29 is 14.0 Å². The smallest absolute Gasteiger partial charge is 0.254 e. The quantitative estimate of drug-likeness (QED) is 0.819. The first-order valence-corrected chi connectivity index (χ1v) is 9.76. The van der Waals surface area contributed by atoms with Crippen LogP contribution in [0.2, 0.25) is 0 Å². The van der Waals surface area contributed by atoms with Crippen LogP contribution in [0.3, 0.4) is 0 Å². The Morgan fingerprint density at radius 3 is 2.75 bits per heavy atom. The standard InChI is InChI=1S/C23H24N2O3/c1-3-15-21(23(27)25-16-9-5-4-8-14(16)2)22(19-12-7-13-28-19)20-17(24-15)10-6-11-18(20)26/h4-5,7-9,12-13,22,24H,3,6,10-11H2,1-2H3,(H,25,27). The number of furan rings is 1. The number of carbonyl (C=O) groups is 2. The van der Waals surface area contributed by atoms with Crippen molar-refractivity contribution >= 4 is 17.4 Å². The van der Waals surface area contributed by atoms with Gasteiger partial charge in [0.15, 0.2) is 5.78 Å². The van der Waals surface area contributed by atoms with Crippen LogP contribution < -0.4 is 10.6 Å². The summed E-state index contributed by atoms with van der Waals surface area (Å²) in [6.07, 6.45) is 4.41. The molecule has 1 aromatic heterocycles. The van der Waals surface area contributed by atoms with Crippen LogP contribution >= 0.6 is 0 Å². The molecule has 1 amide bonds. The lowest BCUT2D eigenvalue weighted by molar-refractivity contribution is -0.116. The number of ketones is 1. The Morgan fingerprint density at radius 2 is 2.04 bits per heavy atom.